The quantitative estimate of drug-likeness (QED) is 0.842. The summed E-state index contributed by atoms with van der Waals surface area (Å²) < 4.78 is 25.6. The van der Waals surface area contributed by atoms with Crippen molar-refractivity contribution in [2.75, 3.05) is 29.7 Å². The van der Waals surface area contributed by atoms with Gasteiger partial charge in [-0.3, -0.25) is 9.10 Å². The summed E-state index contributed by atoms with van der Waals surface area (Å²) in [6.07, 6.45) is 1.61. The van der Waals surface area contributed by atoms with Gasteiger partial charge in [-0.25, -0.2) is 8.42 Å². The average Bonchev–Trinajstić information content (AvgIpc) is 3.05. The van der Waals surface area contributed by atoms with Crippen molar-refractivity contribution in [2.24, 2.45) is 0 Å². The van der Waals surface area contributed by atoms with Gasteiger partial charge in [-0.15, -0.1) is 0 Å². The van der Waals surface area contributed by atoms with Gasteiger partial charge in [0.2, 0.25) is 10.0 Å². The highest BCUT2D eigenvalue weighted by Crippen LogP contribution is 2.25. The van der Waals surface area contributed by atoms with Crippen LogP contribution in [0.1, 0.15) is 33.9 Å². The molecule has 1 unspecified atom stereocenters. The number of sulfonamides is 1. The van der Waals surface area contributed by atoms with E-state index in [1.54, 1.807) is 24.3 Å². The number of hydrogen-bond donors (Lipinski definition) is 2. The summed E-state index contributed by atoms with van der Waals surface area (Å²) in [5, 5.41) is 6.43. The van der Waals surface area contributed by atoms with E-state index in [0.29, 0.717) is 30.8 Å². The predicted octanol–water partition coefficient (Wildman–Crippen LogP) is 1.84. The van der Waals surface area contributed by atoms with E-state index in [-0.39, 0.29) is 17.7 Å². The van der Waals surface area contributed by atoms with E-state index in [1.165, 1.54) is 15.4 Å². The van der Waals surface area contributed by atoms with Crippen LogP contribution < -0.4 is 14.9 Å². The van der Waals surface area contributed by atoms with Crippen molar-refractivity contribution in [2.45, 2.75) is 18.9 Å². The summed E-state index contributed by atoms with van der Waals surface area (Å²) in [4.78, 5) is 12.6. The van der Waals surface area contributed by atoms with Crippen molar-refractivity contribution in [1.29, 1.82) is 0 Å². The summed E-state index contributed by atoms with van der Waals surface area (Å²) in [6.45, 7) is 1.85. The molecule has 27 heavy (non-hydrogen) atoms. The third-order valence-corrected chi connectivity index (χ3v) is 7.05. The highest BCUT2D eigenvalue weighted by atomic mass is 32.2. The molecule has 1 atom stereocenters. The number of benzene rings is 2. The summed E-state index contributed by atoms with van der Waals surface area (Å²) in [6, 6.07) is 15.2. The molecule has 1 saturated heterocycles. The number of hydrogen-bond acceptors (Lipinski definition) is 4. The standard InChI is InChI=1S/C20H23N3O3S/c24-20(22-14-19-18-8-2-1-5-15(18)9-10-21-19)16-6-3-7-17(13-16)23-11-4-12-27(23,25)26/h1-3,5-8,13,19,21H,4,9-12,14H2,(H,22,24). The highest BCUT2D eigenvalue weighted by Gasteiger charge is 2.28. The first-order chi connectivity index (χ1) is 13.0. The van der Waals surface area contributed by atoms with Crippen LogP contribution in [0.5, 0.6) is 0 Å². The monoisotopic (exact) mass is 385 g/mol. The molecule has 2 aromatic rings. The first kappa shape index (κ1) is 18.0. The van der Waals surface area contributed by atoms with Crippen LogP contribution in [0, 0.1) is 0 Å². The fourth-order valence-corrected chi connectivity index (χ4v) is 5.36. The Bertz CT molecular complexity index is 958. The molecular formula is C20H23N3O3S. The second kappa shape index (κ2) is 7.32. The smallest absolute Gasteiger partial charge is 0.251 e. The molecule has 1 fully saturated rings. The highest BCUT2D eigenvalue weighted by molar-refractivity contribution is 7.93. The maximum absolute atomic E-state index is 12.6. The fraction of sp³-hybridized carbons (Fsp3) is 0.350. The normalized spacial score (nSPS) is 20.9. The molecule has 0 bridgehead atoms. The molecule has 2 aliphatic heterocycles. The van der Waals surface area contributed by atoms with Gasteiger partial charge >= 0.3 is 0 Å². The Morgan fingerprint density at radius 3 is 2.85 bits per heavy atom. The van der Waals surface area contributed by atoms with Gasteiger partial charge in [0.05, 0.1) is 11.4 Å². The molecule has 6 nitrogen and oxygen atoms in total. The summed E-state index contributed by atoms with van der Waals surface area (Å²) >= 11 is 0. The Balaban J connectivity index is 1.46. The molecule has 2 N–H and O–H groups in total. The lowest BCUT2D eigenvalue weighted by atomic mass is 9.94. The molecule has 0 aromatic heterocycles. The van der Waals surface area contributed by atoms with Gasteiger partial charge in [-0.05, 0) is 48.7 Å². The van der Waals surface area contributed by atoms with Crippen molar-refractivity contribution in [3.63, 3.8) is 0 Å². The van der Waals surface area contributed by atoms with Gasteiger partial charge in [0.1, 0.15) is 0 Å². The Hall–Kier alpha value is -2.38. The number of nitrogens with zero attached hydrogens (tertiary/aromatic N) is 1. The third kappa shape index (κ3) is 3.70. The van der Waals surface area contributed by atoms with Gasteiger partial charge in [0, 0.05) is 24.7 Å². The van der Waals surface area contributed by atoms with E-state index in [9.17, 15) is 13.2 Å². The molecule has 0 spiro atoms. The molecule has 1 amide bonds. The zero-order chi connectivity index (χ0) is 18.9. The van der Waals surface area contributed by atoms with Crippen LogP contribution in [-0.4, -0.2) is 39.7 Å². The van der Waals surface area contributed by atoms with Crippen LogP contribution in [0.15, 0.2) is 48.5 Å². The number of rotatable bonds is 4. The van der Waals surface area contributed by atoms with E-state index in [1.807, 2.05) is 12.1 Å². The maximum Gasteiger partial charge on any atom is 0.251 e. The van der Waals surface area contributed by atoms with Gasteiger partial charge in [0.25, 0.3) is 5.91 Å². The average molecular weight is 385 g/mol. The SMILES string of the molecule is O=C(NCC1NCCc2ccccc21)c1cccc(N2CCCS2(=O)=O)c1. The molecule has 2 heterocycles. The first-order valence-corrected chi connectivity index (χ1v) is 10.9. The Morgan fingerprint density at radius 2 is 2.04 bits per heavy atom. The molecule has 0 aliphatic carbocycles. The molecule has 2 aliphatic rings. The number of nitrogens with one attached hydrogen (secondary N) is 2. The van der Waals surface area contributed by atoms with Crippen molar-refractivity contribution in [3.8, 4) is 0 Å². The van der Waals surface area contributed by atoms with E-state index >= 15 is 0 Å². The number of amides is 1. The number of fused-ring (bicyclic) bond motifs is 1. The van der Waals surface area contributed by atoms with Crippen LogP contribution >= 0.6 is 0 Å². The topological polar surface area (TPSA) is 78.5 Å². The van der Waals surface area contributed by atoms with Crippen LogP contribution in [0.25, 0.3) is 0 Å². The maximum atomic E-state index is 12.6. The first-order valence-electron chi connectivity index (χ1n) is 9.24. The molecule has 7 heteroatoms. The van der Waals surface area contributed by atoms with Crippen LogP contribution in [0.4, 0.5) is 5.69 Å². The molecule has 142 valence electrons. The van der Waals surface area contributed by atoms with Gasteiger partial charge in [-0.1, -0.05) is 30.3 Å². The number of anilines is 1. The summed E-state index contributed by atoms with van der Waals surface area (Å²) in [5.74, 6) is -0.0331. The molecule has 2 aromatic carbocycles. The lowest BCUT2D eigenvalue weighted by molar-refractivity contribution is 0.0949. The molecule has 4 rings (SSSR count). The van der Waals surface area contributed by atoms with Gasteiger partial charge < -0.3 is 10.6 Å². The van der Waals surface area contributed by atoms with Gasteiger partial charge in [0.15, 0.2) is 0 Å². The number of carbonyl (C=O) groups is 1. The lowest BCUT2D eigenvalue weighted by Crippen LogP contribution is -2.38. The van der Waals surface area contributed by atoms with E-state index in [2.05, 4.69) is 22.8 Å². The Labute approximate surface area is 159 Å². The van der Waals surface area contributed by atoms with Crippen molar-refractivity contribution in [3.05, 3.63) is 65.2 Å². The lowest BCUT2D eigenvalue weighted by Gasteiger charge is -2.27. The Kier molecular flexibility index (Phi) is 4.88. The predicted molar refractivity (Wildman–Crippen MR) is 105 cm³/mol. The van der Waals surface area contributed by atoms with Crippen molar-refractivity contribution < 1.29 is 13.2 Å². The summed E-state index contributed by atoms with van der Waals surface area (Å²) in [7, 11) is -3.25. The molecule has 0 saturated carbocycles. The summed E-state index contributed by atoms with van der Waals surface area (Å²) in [5.41, 5.74) is 3.57. The van der Waals surface area contributed by atoms with Crippen LogP contribution in [0.3, 0.4) is 0 Å². The fourth-order valence-electron chi connectivity index (χ4n) is 3.80. The number of carbonyl (C=O) groups excluding carboxylic acids is 1. The Morgan fingerprint density at radius 1 is 1.19 bits per heavy atom. The van der Waals surface area contributed by atoms with E-state index < -0.39 is 10.0 Å². The van der Waals surface area contributed by atoms with Crippen LogP contribution in [-0.2, 0) is 16.4 Å². The van der Waals surface area contributed by atoms with Gasteiger partial charge in [-0.2, -0.15) is 0 Å². The molecular weight excluding hydrogens is 362 g/mol. The van der Waals surface area contributed by atoms with Crippen molar-refractivity contribution in [1.82, 2.24) is 10.6 Å². The minimum atomic E-state index is -3.25. The second-order valence-corrected chi connectivity index (χ2v) is 8.97. The van der Waals surface area contributed by atoms with Crippen LogP contribution in [0.2, 0.25) is 0 Å². The van der Waals surface area contributed by atoms with E-state index in [0.717, 1.165) is 13.0 Å². The van der Waals surface area contributed by atoms with Crippen molar-refractivity contribution >= 4 is 21.6 Å². The minimum absolute atomic E-state index is 0.0843. The third-order valence-electron chi connectivity index (χ3n) is 5.18. The zero-order valence-electron chi connectivity index (χ0n) is 15.0. The molecule has 0 radical (unpaired) electrons. The largest absolute Gasteiger partial charge is 0.350 e. The zero-order valence-corrected chi connectivity index (χ0v) is 15.8. The minimum Gasteiger partial charge on any atom is -0.350 e. The second-order valence-electron chi connectivity index (χ2n) is 6.96. The van der Waals surface area contributed by atoms with E-state index in [4.69, 9.17) is 0 Å².